The van der Waals surface area contributed by atoms with Gasteiger partial charge < -0.3 is 39.0 Å². The minimum Gasteiger partial charge on any atom is -0.388 e. The number of hydrogen-bond donors (Lipinski definition) is 3. The van der Waals surface area contributed by atoms with Crippen LogP contribution in [0.25, 0.3) is 0 Å². The third-order valence-electron chi connectivity index (χ3n) is 13.5. The molecule has 3 saturated carbocycles. The van der Waals surface area contributed by atoms with E-state index in [4.69, 9.17) is 23.7 Å². The van der Waals surface area contributed by atoms with E-state index in [1.807, 2.05) is 0 Å². The Balaban J connectivity index is 0.974. The van der Waals surface area contributed by atoms with Crippen LogP contribution in [0.4, 0.5) is 0 Å². The molecule has 3 N–H and O–H groups in total. The molecule has 4 unspecified atom stereocenters. The summed E-state index contributed by atoms with van der Waals surface area (Å²) >= 11 is 0. The Morgan fingerprint density at radius 2 is 1.51 bits per heavy atom. The van der Waals surface area contributed by atoms with Gasteiger partial charge in [-0.3, -0.25) is 0 Å². The largest absolute Gasteiger partial charge is 0.388 e. The number of allylic oxidation sites excluding steroid dienone is 1. The minimum atomic E-state index is -1.30. The van der Waals surface area contributed by atoms with E-state index in [1.165, 1.54) is 57.8 Å². The first-order valence-corrected chi connectivity index (χ1v) is 19.2. The standard InChI is InChI=1S/C39H68O8/c1-25(2)8-7-9-26(3)31-12-13-32-30-11-10-28-24-29(14-16-38(28,5)33(30)15-17-39(31,32)6)45-22-20-43-18-19-44-21-23-46-37-36(42)35(41)34(40)27(4)47-37/h10,25-27,29-37,40-42H,7-9,11-24H2,1-6H3/t26-,27+,29+,30?,31-,32?,33?,34-,35-,36+,37?,38+,39-/m1/s1. The average molecular weight is 665 g/mol. The highest BCUT2D eigenvalue weighted by Crippen LogP contribution is 2.67. The fourth-order valence-electron chi connectivity index (χ4n) is 10.8. The molecule has 8 heteroatoms. The van der Waals surface area contributed by atoms with E-state index < -0.39 is 30.7 Å². The van der Waals surface area contributed by atoms with Crippen LogP contribution in [-0.4, -0.2) is 91.8 Å². The summed E-state index contributed by atoms with van der Waals surface area (Å²) in [4.78, 5) is 0. The van der Waals surface area contributed by atoms with Crippen molar-refractivity contribution in [1.82, 2.24) is 0 Å². The van der Waals surface area contributed by atoms with Crippen LogP contribution in [0.2, 0.25) is 0 Å². The molecule has 5 aliphatic rings. The zero-order chi connectivity index (χ0) is 33.8. The quantitative estimate of drug-likeness (QED) is 0.131. The van der Waals surface area contributed by atoms with E-state index in [2.05, 4.69) is 40.7 Å². The van der Waals surface area contributed by atoms with E-state index in [-0.39, 0.29) is 6.61 Å². The van der Waals surface area contributed by atoms with Crippen molar-refractivity contribution in [3.05, 3.63) is 11.6 Å². The molecule has 4 aliphatic carbocycles. The van der Waals surface area contributed by atoms with Crippen molar-refractivity contribution in [3.8, 4) is 0 Å². The third kappa shape index (κ3) is 8.49. The Kier molecular flexibility index (Phi) is 13.3. The number of aliphatic hydroxyl groups is 3. The predicted octanol–water partition coefficient (Wildman–Crippen LogP) is 6.29. The normalized spacial score (nSPS) is 42.5. The lowest BCUT2D eigenvalue weighted by atomic mass is 9.47. The van der Waals surface area contributed by atoms with Gasteiger partial charge >= 0.3 is 0 Å². The molecule has 47 heavy (non-hydrogen) atoms. The van der Waals surface area contributed by atoms with Gasteiger partial charge in [-0.05, 0) is 105 Å². The molecular formula is C39H68O8. The number of rotatable bonds is 16. The molecular weight excluding hydrogens is 596 g/mol. The smallest absolute Gasteiger partial charge is 0.186 e. The van der Waals surface area contributed by atoms with Gasteiger partial charge in [0.1, 0.15) is 18.3 Å². The monoisotopic (exact) mass is 664 g/mol. The van der Waals surface area contributed by atoms with Crippen molar-refractivity contribution in [2.75, 3.05) is 39.6 Å². The second-order valence-corrected chi connectivity index (χ2v) is 16.8. The van der Waals surface area contributed by atoms with Crippen LogP contribution in [-0.2, 0) is 23.7 Å². The Hall–Kier alpha value is -0.580. The van der Waals surface area contributed by atoms with Gasteiger partial charge in [0.05, 0.1) is 51.8 Å². The molecule has 0 aromatic carbocycles. The average Bonchev–Trinajstić information content (AvgIpc) is 3.40. The number of hydrogen-bond acceptors (Lipinski definition) is 8. The molecule has 272 valence electrons. The van der Waals surface area contributed by atoms with E-state index in [1.54, 1.807) is 12.5 Å². The first kappa shape index (κ1) is 37.7. The predicted molar refractivity (Wildman–Crippen MR) is 183 cm³/mol. The Morgan fingerprint density at radius 3 is 2.23 bits per heavy atom. The highest BCUT2D eigenvalue weighted by molar-refractivity contribution is 5.25. The van der Waals surface area contributed by atoms with Crippen LogP contribution < -0.4 is 0 Å². The third-order valence-corrected chi connectivity index (χ3v) is 13.5. The topological polar surface area (TPSA) is 107 Å². The van der Waals surface area contributed by atoms with Crippen LogP contribution in [0.5, 0.6) is 0 Å². The van der Waals surface area contributed by atoms with Gasteiger partial charge in [0.2, 0.25) is 0 Å². The molecule has 0 aromatic heterocycles. The van der Waals surface area contributed by atoms with Crippen LogP contribution >= 0.6 is 0 Å². The molecule has 0 spiro atoms. The Labute approximate surface area is 285 Å². The Morgan fingerprint density at radius 1 is 0.809 bits per heavy atom. The van der Waals surface area contributed by atoms with E-state index >= 15 is 0 Å². The number of aliphatic hydroxyl groups excluding tert-OH is 3. The van der Waals surface area contributed by atoms with Gasteiger partial charge in [0.15, 0.2) is 6.29 Å². The molecule has 5 rings (SSSR count). The van der Waals surface area contributed by atoms with E-state index in [0.29, 0.717) is 50.0 Å². The fourth-order valence-corrected chi connectivity index (χ4v) is 10.8. The highest BCUT2D eigenvalue weighted by atomic mass is 16.7. The zero-order valence-electron chi connectivity index (χ0n) is 30.4. The van der Waals surface area contributed by atoms with Gasteiger partial charge in [-0.15, -0.1) is 0 Å². The van der Waals surface area contributed by atoms with Crippen molar-refractivity contribution in [1.29, 1.82) is 0 Å². The molecule has 0 bridgehead atoms. The van der Waals surface area contributed by atoms with Crippen molar-refractivity contribution in [2.45, 2.75) is 149 Å². The molecule has 0 aromatic rings. The van der Waals surface area contributed by atoms with Crippen molar-refractivity contribution >= 4 is 0 Å². The molecule has 4 fully saturated rings. The molecule has 0 radical (unpaired) electrons. The summed E-state index contributed by atoms with van der Waals surface area (Å²) in [5, 5.41) is 29.7. The zero-order valence-corrected chi connectivity index (χ0v) is 30.4. The summed E-state index contributed by atoms with van der Waals surface area (Å²) in [6, 6.07) is 0. The van der Waals surface area contributed by atoms with Crippen molar-refractivity contribution < 1.29 is 39.0 Å². The Bertz CT molecular complexity index is 1000. The van der Waals surface area contributed by atoms with E-state index in [0.717, 1.165) is 48.3 Å². The highest BCUT2D eigenvalue weighted by Gasteiger charge is 2.59. The lowest BCUT2D eigenvalue weighted by molar-refractivity contribution is -0.294. The summed E-state index contributed by atoms with van der Waals surface area (Å²) in [5.41, 5.74) is 2.57. The van der Waals surface area contributed by atoms with Crippen LogP contribution in [0.15, 0.2) is 11.6 Å². The van der Waals surface area contributed by atoms with Gasteiger partial charge in [-0.25, -0.2) is 0 Å². The van der Waals surface area contributed by atoms with Crippen molar-refractivity contribution in [2.24, 2.45) is 46.3 Å². The summed E-state index contributed by atoms with van der Waals surface area (Å²) in [6.45, 7) is 16.8. The number of fused-ring (bicyclic) bond motifs is 5. The summed E-state index contributed by atoms with van der Waals surface area (Å²) in [7, 11) is 0. The maximum absolute atomic E-state index is 10.0. The molecule has 13 atom stereocenters. The van der Waals surface area contributed by atoms with Crippen LogP contribution in [0.1, 0.15) is 112 Å². The molecule has 0 amide bonds. The van der Waals surface area contributed by atoms with Gasteiger partial charge in [-0.2, -0.15) is 0 Å². The second-order valence-electron chi connectivity index (χ2n) is 16.8. The maximum atomic E-state index is 10.0. The van der Waals surface area contributed by atoms with Crippen LogP contribution in [0, 0.1) is 46.3 Å². The van der Waals surface area contributed by atoms with E-state index in [9.17, 15) is 15.3 Å². The van der Waals surface area contributed by atoms with Gasteiger partial charge in [-0.1, -0.05) is 65.5 Å². The first-order valence-electron chi connectivity index (χ1n) is 19.2. The number of ether oxygens (including phenoxy) is 5. The summed E-state index contributed by atoms with van der Waals surface area (Å²) in [6.07, 6.45) is 12.3. The van der Waals surface area contributed by atoms with Crippen LogP contribution in [0.3, 0.4) is 0 Å². The minimum absolute atomic E-state index is 0.205. The fraction of sp³-hybridized carbons (Fsp3) is 0.949. The maximum Gasteiger partial charge on any atom is 0.186 e. The van der Waals surface area contributed by atoms with Gasteiger partial charge in [0, 0.05) is 0 Å². The lowest BCUT2D eigenvalue weighted by Gasteiger charge is -2.58. The second kappa shape index (κ2) is 16.6. The molecule has 1 aliphatic heterocycles. The lowest BCUT2D eigenvalue weighted by Crippen LogP contribution is -2.57. The first-order chi connectivity index (χ1) is 22.5. The van der Waals surface area contributed by atoms with Crippen molar-refractivity contribution in [3.63, 3.8) is 0 Å². The van der Waals surface area contributed by atoms with Gasteiger partial charge in [0.25, 0.3) is 0 Å². The summed E-state index contributed by atoms with van der Waals surface area (Å²) in [5.74, 6) is 5.22. The summed E-state index contributed by atoms with van der Waals surface area (Å²) < 4.78 is 28.6. The molecule has 1 saturated heterocycles. The molecule has 1 heterocycles. The molecule has 8 nitrogen and oxygen atoms in total. The SMILES string of the molecule is CC(C)CCC[C@@H](C)[C@H]1CCC2C3CC=C4C[C@@H](OCCOCCOCCOC5O[C@@H](C)[C@@H](O)[C@@H](O)[C@@H]5O)CC[C@]4(C)C3CC[C@@]21C.